The van der Waals surface area contributed by atoms with Crippen LogP contribution in [0.5, 0.6) is 11.5 Å². The number of halogens is 1. The third-order valence-electron chi connectivity index (χ3n) is 7.33. The van der Waals surface area contributed by atoms with Crippen LogP contribution < -0.4 is 14.8 Å². The van der Waals surface area contributed by atoms with E-state index in [-0.39, 0.29) is 30.2 Å². The van der Waals surface area contributed by atoms with Gasteiger partial charge in [-0.2, -0.15) is 5.10 Å². The Kier molecular flexibility index (Phi) is 9.67. The molecule has 0 spiro atoms. The zero-order chi connectivity index (χ0) is 32.0. The topological polar surface area (TPSA) is 111 Å². The van der Waals surface area contributed by atoms with Crippen molar-refractivity contribution in [1.82, 2.24) is 25.1 Å². The van der Waals surface area contributed by atoms with E-state index in [0.29, 0.717) is 33.0 Å². The van der Waals surface area contributed by atoms with Gasteiger partial charge in [0.15, 0.2) is 11.0 Å². The SMILES string of the molecule is COc1ccc(C2=NN(C(=O)CSc3nnc(CNC(=O)c4cccs4)n3-c3cccc(Cl)c3)[C@H](c3ccc(OC)cc3)C2)cc1. The molecule has 1 aliphatic rings. The van der Waals surface area contributed by atoms with Crippen LogP contribution in [0.15, 0.2) is 101 Å². The fourth-order valence-corrected chi connectivity index (χ4v) is 6.66. The molecule has 1 aliphatic heterocycles. The van der Waals surface area contributed by atoms with E-state index in [0.717, 1.165) is 28.3 Å². The molecule has 3 aromatic carbocycles. The smallest absolute Gasteiger partial charge is 0.261 e. The van der Waals surface area contributed by atoms with Gasteiger partial charge in [0.2, 0.25) is 0 Å². The molecule has 0 unspecified atom stereocenters. The highest BCUT2D eigenvalue weighted by molar-refractivity contribution is 7.99. The van der Waals surface area contributed by atoms with Crippen molar-refractivity contribution in [2.24, 2.45) is 5.10 Å². The molecule has 10 nitrogen and oxygen atoms in total. The van der Waals surface area contributed by atoms with Crippen LogP contribution in [-0.2, 0) is 11.3 Å². The zero-order valence-electron chi connectivity index (χ0n) is 24.9. The van der Waals surface area contributed by atoms with Crippen LogP contribution in [-0.4, -0.2) is 57.3 Å². The van der Waals surface area contributed by atoms with E-state index >= 15 is 0 Å². The number of thioether (sulfide) groups is 1. The van der Waals surface area contributed by atoms with Crippen molar-refractivity contribution >= 4 is 52.2 Å². The number of ether oxygens (including phenoxy) is 2. The maximum absolute atomic E-state index is 13.9. The van der Waals surface area contributed by atoms with Crippen molar-refractivity contribution in [2.45, 2.75) is 24.2 Å². The molecule has 6 rings (SSSR count). The molecule has 0 radical (unpaired) electrons. The second kappa shape index (κ2) is 14.2. The molecule has 0 saturated heterocycles. The summed E-state index contributed by atoms with van der Waals surface area (Å²) in [5.74, 6) is 1.62. The number of hydrogen-bond acceptors (Lipinski definition) is 9. The van der Waals surface area contributed by atoms with Gasteiger partial charge in [-0.15, -0.1) is 21.5 Å². The van der Waals surface area contributed by atoms with Crippen LogP contribution in [0.25, 0.3) is 5.69 Å². The first-order valence-corrected chi connectivity index (χ1v) is 16.5. The first-order chi connectivity index (χ1) is 22.4. The summed E-state index contributed by atoms with van der Waals surface area (Å²) in [6, 6.07) is 25.8. The lowest BCUT2D eigenvalue weighted by Crippen LogP contribution is -2.28. The largest absolute Gasteiger partial charge is 0.497 e. The van der Waals surface area contributed by atoms with E-state index in [1.54, 1.807) is 42.0 Å². The Morgan fingerprint density at radius 1 is 0.978 bits per heavy atom. The second-order valence-corrected chi connectivity index (χ2v) is 12.5. The monoisotopic (exact) mass is 672 g/mol. The van der Waals surface area contributed by atoms with Gasteiger partial charge in [0.05, 0.1) is 48.8 Å². The fraction of sp³-hybridized carbons (Fsp3) is 0.182. The van der Waals surface area contributed by atoms with E-state index in [1.165, 1.54) is 23.1 Å². The average molecular weight is 673 g/mol. The van der Waals surface area contributed by atoms with Crippen molar-refractivity contribution in [2.75, 3.05) is 20.0 Å². The molecule has 0 bridgehead atoms. The summed E-state index contributed by atoms with van der Waals surface area (Å²) < 4.78 is 12.5. The van der Waals surface area contributed by atoms with Gasteiger partial charge in [0, 0.05) is 11.4 Å². The maximum Gasteiger partial charge on any atom is 0.261 e. The van der Waals surface area contributed by atoms with E-state index in [1.807, 2.05) is 72.1 Å². The number of methoxy groups -OCH3 is 2. The highest BCUT2D eigenvalue weighted by Crippen LogP contribution is 2.35. The lowest BCUT2D eigenvalue weighted by Gasteiger charge is -2.22. The minimum atomic E-state index is -0.301. The number of rotatable bonds is 11. The lowest BCUT2D eigenvalue weighted by atomic mass is 9.98. The maximum atomic E-state index is 13.9. The lowest BCUT2D eigenvalue weighted by molar-refractivity contribution is -0.130. The molecule has 5 aromatic rings. The Morgan fingerprint density at radius 2 is 1.72 bits per heavy atom. The standard InChI is InChI=1S/C33H29ClN6O4S2/c1-43-25-12-8-21(9-13-25)27-18-28(22-10-14-26(44-2)15-11-22)40(38-27)31(41)20-46-33-37-36-30(19-35-32(42)29-7-4-16-45-29)39(33)24-6-3-5-23(34)17-24/h3-17,28H,18-20H2,1-2H3,(H,35,42)/t28-/m0/s1. The Hall–Kier alpha value is -4.65. The molecule has 0 saturated carbocycles. The van der Waals surface area contributed by atoms with Crippen LogP contribution in [0.4, 0.5) is 0 Å². The van der Waals surface area contributed by atoms with E-state index in [2.05, 4.69) is 15.5 Å². The Bertz CT molecular complexity index is 1860. The van der Waals surface area contributed by atoms with Gasteiger partial charge in [-0.1, -0.05) is 47.6 Å². The molecule has 13 heteroatoms. The number of thiophene rings is 1. The van der Waals surface area contributed by atoms with Crippen molar-refractivity contribution in [3.8, 4) is 17.2 Å². The number of benzene rings is 3. The molecular weight excluding hydrogens is 644 g/mol. The summed E-state index contributed by atoms with van der Waals surface area (Å²) in [7, 11) is 3.24. The molecular formula is C33H29ClN6O4S2. The summed E-state index contributed by atoms with van der Waals surface area (Å²) >= 11 is 8.93. The van der Waals surface area contributed by atoms with Gasteiger partial charge in [-0.3, -0.25) is 14.2 Å². The summed E-state index contributed by atoms with van der Waals surface area (Å²) in [4.78, 5) is 27.1. The number of nitrogens with one attached hydrogen (secondary N) is 1. The van der Waals surface area contributed by atoms with Crippen molar-refractivity contribution < 1.29 is 19.1 Å². The second-order valence-electron chi connectivity index (χ2n) is 10.2. The number of hydrogen-bond donors (Lipinski definition) is 1. The third-order valence-corrected chi connectivity index (χ3v) is 9.35. The van der Waals surface area contributed by atoms with E-state index in [4.69, 9.17) is 26.2 Å². The summed E-state index contributed by atoms with van der Waals surface area (Å²) in [6.45, 7) is 0.131. The Morgan fingerprint density at radius 3 is 2.39 bits per heavy atom. The molecule has 1 N–H and O–H groups in total. The summed E-state index contributed by atoms with van der Waals surface area (Å²) in [6.07, 6.45) is 0.543. The number of nitrogens with zero attached hydrogens (tertiary/aromatic N) is 5. The number of aromatic nitrogens is 3. The molecule has 2 aromatic heterocycles. The number of carbonyl (C=O) groups excluding carboxylic acids is 2. The summed E-state index contributed by atoms with van der Waals surface area (Å²) in [5, 5.41) is 20.9. The van der Waals surface area contributed by atoms with Crippen LogP contribution in [0.2, 0.25) is 5.02 Å². The van der Waals surface area contributed by atoms with Gasteiger partial charge in [-0.05, 0) is 77.2 Å². The Balaban J connectivity index is 1.25. The zero-order valence-corrected chi connectivity index (χ0v) is 27.3. The van der Waals surface area contributed by atoms with Gasteiger partial charge in [0.1, 0.15) is 11.5 Å². The first kappa shape index (κ1) is 31.3. The predicted octanol–water partition coefficient (Wildman–Crippen LogP) is 6.40. The minimum Gasteiger partial charge on any atom is -0.497 e. The third kappa shape index (κ3) is 6.94. The highest BCUT2D eigenvalue weighted by Gasteiger charge is 2.33. The van der Waals surface area contributed by atoms with Gasteiger partial charge >= 0.3 is 0 Å². The fourth-order valence-electron chi connectivity index (χ4n) is 5.01. The molecule has 234 valence electrons. The summed E-state index contributed by atoms with van der Waals surface area (Å²) in [5.41, 5.74) is 3.37. The molecule has 0 aliphatic carbocycles. The van der Waals surface area contributed by atoms with Gasteiger partial charge < -0.3 is 14.8 Å². The Labute approximate surface area is 279 Å². The molecule has 46 heavy (non-hydrogen) atoms. The van der Waals surface area contributed by atoms with Crippen LogP contribution in [0.3, 0.4) is 0 Å². The van der Waals surface area contributed by atoms with Crippen molar-refractivity contribution in [3.63, 3.8) is 0 Å². The molecule has 1 atom stereocenters. The van der Waals surface area contributed by atoms with Crippen molar-refractivity contribution in [1.29, 1.82) is 0 Å². The van der Waals surface area contributed by atoms with Gasteiger partial charge in [0.25, 0.3) is 11.8 Å². The van der Waals surface area contributed by atoms with E-state index < -0.39 is 0 Å². The normalized spacial score (nSPS) is 14.2. The average Bonchev–Trinajstić information content (AvgIpc) is 3.87. The first-order valence-electron chi connectivity index (χ1n) is 14.3. The van der Waals surface area contributed by atoms with Gasteiger partial charge in [-0.25, -0.2) is 5.01 Å². The molecule has 2 amide bonds. The van der Waals surface area contributed by atoms with Crippen LogP contribution >= 0.6 is 34.7 Å². The molecule has 0 fully saturated rings. The van der Waals surface area contributed by atoms with Crippen molar-refractivity contribution in [3.05, 3.63) is 117 Å². The molecule has 3 heterocycles. The highest BCUT2D eigenvalue weighted by atomic mass is 35.5. The minimum absolute atomic E-state index is 0.0479. The van der Waals surface area contributed by atoms with Crippen LogP contribution in [0, 0.1) is 0 Å². The number of amides is 2. The quantitative estimate of drug-likeness (QED) is 0.162. The predicted molar refractivity (Wildman–Crippen MR) is 179 cm³/mol. The number of carbonyl (C=O) groups is 2. The van der Waals surface area contributed by atoms with E-state index in [9.17, 15) is 9.59 Å². The van der Waals surface area contributed by atoms with Crippen LogP contribution in [0.1, 0.15) is 39.1 Å². The number of hydrazone groups is 1.